The van der Waals surface area contributed by atoms with E-state index in [0.717, 1.165) is 40.8 Å². The van der Waals surface area contributed by atoms with Gasteiger partial charge in [-0.05, 0) is 54.4 Å². The monoisotopic (exact) mass is 587 g/mol. The minimum Gasteiger partial charge on any atom is -0.379 e. The normalized spacial score (nSPS) is 24.7. The number of halogens is 4. The van der Waals surface area contributed by atoms with Gasteiger partial charge in [0.15, 0.2) is 0 Å². The Bertz CT molecular complexity index is 1260. The second kappa shape index (κ2) is 10.4. The highest BCUT2D eigenvalue weighted by molar-refractivity contribution is 9.10. The smallest absolute Gasteiger partial charge is 0.379 e. The summed E-state index contributed by atoms with van der Waals surface area (Å²) >= 11 is 3.46. The Kier molecular flexibility index (Phi) is 7.39. The fraction of sp³-hybridized carbons (Fsp3) is 0.345. The fourth-order valence-electron chi connectivity index (χ4n) is 5.41. The number of anilines is 1. The topological polar surface area (TPSA) is 44.8 Å². The molecule has 9 heteroatoms. The summed E-state index contributed by atoms with van der Waals surface area (Å²) in [5.74, 6) is -0.231. The number of nitrogens with one attached hydrogen (secondary N) is 1. The van der Waals surface area contributed by atoms with E-state index >= 15 is 0 Å². The van der Waals surface area contributed by atoms with Crippen molar-refractivity contribution in [1.29, 1.82) is 0 Å². The molecule has 200 valence electrons. The minimum atomic E-state index is -4.47. The summed E-state index contributed by atoms with van der Waals surface area (Å²) in [6.07, 6.45) is -3.94. The van der Waals surface area contributed by atoms with E-state index in [1.807, 2.05) is 61.5 Å². The van der Waals surface area contributed by atoms with Crippen molar-refractivity contribution < 1.29 is 22.7 Å². The van der Waals surface area contributed by atoms with Crippen LogP contribution < -0.4 is 10.2 Å². The van der Waals surface area contributed by atoms with E-state index in [9.17, 15) is 18.0 Å². The lowest BCUT2D eigenvalue weighted by Crippen LogP contribution is -2.53. The standard InChI is InChI=1S/C29H29BrF3N3O2/c1-27(21-7-11-24(30)12-8-21)26(37)36(25-13-9-23(10-14-25)29(31,32)33)28(34-27,22-5-3-2-4-6-22)15-16-35-17-19-38-20-18-35/h2-14,34H,15-20H2,1H3. The zero-order valence-corrected chi connectivity index (χ0v) is 22.6. The van der Waals surface area contributed by atoms with Gasteiger partial charge >= 0.3 is 6.18 Å². The maximum Gasteiger partial charge on any atom is 0.416 e. The fourth-order valence-corrected chi connectivity index (χ4v) is 5.68. The van der Waals surface area contributed by atoms with Crippen molar-refractivity contribution in [3.05, 3.63) is 100 Å². The molecule has 1 N–H and O–H groups in total. The number of carbonyl (C=O) groups excluding carboxylic acids is 1. The molecule has 2 aliphatic rings. The molecule has 0 bridgehead atoms. The van der Waals surface area contributed by atoms with Crippen LogP contribution in [0, 0.1) is 0 Å². The molecule has 2 saturated heterocycles. The van der Waals surface area contributed by atoms with Crippen LogP contribution in [0.3, 0.4) is 0 Å². The Morgan fingerprint density at radius 1 is 0.921 bits per heavy atom. The van der Waals surface area contributed by atoms with Crippen LogP contribution in [0.4, 0.5) is 18.9 Å². The van der Waals surface area contributed by atoms with Crippen LogP contribution in [-0.4, -0.2) is 43.7 Å². The first-order valence-electron chi connectivity index (χ1n) is 12.6. The average Bonchev–Trinajstić information content (AvgIpc) is 3.16. The number of ether oxygens (including phenoxy) is 1. The molecule has 2 aliphatic heterocycles. The van der Waals surface area contributed by atoms with Gasteiger partial charge in [-0.2, -0.15) is 13.2 Å². The van der Waals surface area contributed by atoms with Crippen LogP contribution in [0.25, 0.3) is 0 Å². The van der Waals surface area contributed by atoms with Gasteiger partial charge in [0, 0.05) is 36.2 Å². The van der Waals surface area contributed by atoms with Gasteiger partial charge < -0.3 is 4.74 Å². The van der Waals surface area contributed by atoms with E-state index in [0.29, 0.717) is 31.9 Å². The van der Waals surface area contributed by atoms with Crippen LogP contribution in [0.2, 0.25) is 0 Å². The van der Waals surface area contributed by atoms with Crippen LogP contribution in [-0.2, 0) is 26.9 Å². The van der Waals surface area contributed by atoms with E-state index in [4.69, 9.17) is 4.74 Å². The predicted octanol–water partition coefficient (Wildman–Crippen LogP) is 5.89. The largest absolute Gasteiger partial charge is 0.416 e. The summed E-state index contributed by atoms with van der Waals surface area (Å²) in [5, 5.41) is 3.70. The van der Waals surface area contributed by atoms with Crippen LogP contribution in [0.5, 0.6) is 0 Å². The summed E-state index contributed by atoms with van der Waals surface area (Å²) < 4.78 is 46.5. The third-order valence-electron chi connectivity index (χ3n) is 7.49. The van der Waals surface area contributed by atoms with Crippen molar-refractivity contribution in [2.45, 2.75) is 30.7 Å². The molecule has 0 aromatic heterocycles. The lowest BCUT2D eigenvalue weighted by molar-refractivity contribution is -0.137. The van der Waals surface area contributed by atoms with E-state index in [1.54, 1.807) is 4.90 Å². The highest BCUT2D eigenvalue weighted by atomic mass is 79.9. The Morgan fingerprint density at radius 3 is 2.16 bits per heavy atom. The van der Waals surface area contributed by atoms with Crippen molar-refractivity contribution in [2.24, 2.45) is 0 Å². The van der Waals surface area contributed by atoms with Gasteiger partial charge in [-0.3, -0.25) is 19.9 Å². The summed E-state index contributed by atoms with van der Waals surface area (Å²) in [7, 11) is 0. The third-order valence-corrected chi connectivity index (χ3v) is 8.02. The van der Waals surface area contributed by atoms with Crippen molar-refractivity contribution in [2.75, 3.05) is 37.7 Å². The molecule has 5 nitrogen and oxygen atoms in total. The molecule has 3 aromatic rings. The van der Waals surface area contributed by atoms with Crippen molar-refractivity contribution in [3.8, 4) is 0 Å². The number of amides is 1. The molecule has 1 amide bonds. The molecule has 0 saturated carbocycles. The number of carbonyl (C=O) groups is 1. The van der Waals surface area contributed by atoms with E-state index in [-0.39, 0.29) is 5.91 Å². The lowest BCUT2D eigenvalue weighted by Gasteiger charge is -2.41. The number of morpholine rings is 1. The Morgan fingerprint density at radius 2 is 1.55 bits per heavy atom. The maximum atomic E-state index is 14.4. The molecular weight excluding hydrogens is 559 g/mol. The average molecular weight is 588 g/mol. The molecule has 2 fully saturated rings. The molecule has 3 aromatic carbocycles. The summed E-state index contributed by atoms with van der Waals surface area (Å²) in [5.41, 5.74) is -0.839. The van der Waals surface area contributed by atoms with Gasteiger partial charge in [0.05, 0.1) is 18.8 Å². The molecular formula is C29H29BrF3N3O2. The predicted molar refractivity (Wildman–Crippen MR) is 144 cm³/mol. The Balaban J connectivity index is 1.65. The SMILES string of the molecule is CC1(c2ccc(Br)cc2)NC(CCN2CCOCC2)(c2ccccc2)N(c2ccc(C(F)(F)F)cc2)C1=O. The van der Waals surface area contributed by atoms with Gasteiger partial charge in [-0.25, -0.2) is 0 Å². The van der Waals surface area contributed by atoms with Gasteiger partial charge in [-0.15, -0.1) is 0 Å². The van der Waals surface area contributed by atoms with Crippen LogP contribution in [0.1, 0.15) is 30.0 Å². The molecule has 38 heavy (non-hydrogen) atoms. The van der Waals surface area contributed by atoms with Gasteiger partial charge in [0.2, 0.25) is 0 Å². The summed E-state index contributed by atoms with van der Waals surface area (Å²) in [4.78, 5) is 18.4. The van der Waals surface area contributed by atoms with Crippen LogP contribution in [0.15, 0.2) is 83.3 Å². The molecule has 0 spiro atoms. The number of hydrogen-bond acceptors (Lipinski definition) is 4. The number of rotatable bonds is 6. The van der Waals surface area contributed by atoms with E-state index in [1.165, 1.54) is 12.1 Å². The second-order valence-corrected chi connectivity index (χ2v) is 10.8. The van der Waals surface area contributed by atoms with Crippen LogP contribution >= 0.6 is 15.9 Å². The summed E-state index contributed by atoms with van der Waals surface area (Å²) in [6.45, 7) is 5.36. The molecule has 0 aliphatic carbocycles. The first-order chi connectivity index (χ1) is 18.1. The number of alkyl halides is 3. The number of nitrogens with zero attached hydrogens (tertiary/aromatic N) is 2. The van der Waals surface area contributed by atoms with Gasteiger partial charge in [0.25, 0.3) is 5.91 Å². The minimum absolute atomic E-state index is 0.231. The number of benzene rings is 3. The molecule has 2 heterocycles. The Labute approximate surface area is 228 Å². The first kappa shape index (κ1) is 26.9. The second-order valence-electron chi connectivity index (χ2n) is 9.87. The zero-order valence-electron chi connectivity index (χ0n) is 21.0. The van der Waals surface area contributed by atoms with Crippen molar-refractivity contribution >= 4 is 27.5 Å². The van der Waals surface area contributed by atoms with Gasteiger partial charge in [-0.1, -0.05) is 58.4 Å². The van der Waals surface area contributed by atoms with Crippen molar-refractivity contribution in [1.82, 2.24) is 10.2 Å². The quantitative estimate of drug-likeness (QED) is 0.390. The molecule has 2 atom stereocenters. The lowest BCUT2D eigenvalue weighted by atomic mass is 9.90. The first-order valence-corrected chi connectivity index (χ1v) is 13.4. The van der Waals surface area contributed by atoms with Gasteiger partial charge in [0.1, 0.15) is 11.2 Å². The van der Waals surface area contributed by atoms with E-state index < -0.39 is 22.9 Å². The molecule has 2 unspecified atom stereocenters. The third kappa shape index (κ3) is 5.00. The number of hydrogen-bond donors (Lipinski definition) is 1. The Hall–Kier alpha value is -2.72. The maximum absolute atomic E-state index is 14.4. The molecule has 0 radical (unpaired) electrons. The van der Waals surface area contributed by atoms with E-state index in [2.05, 4.69) is 26.1 Å². The van der Waals surface area contributed by atoms with Crippen molar-refractivity contribution in [3.63, 3.8) is 0 Å². The highest BCUT2D eigenvalue weighted by Gasteiger charge is 2.58. The molecule has 5 rings (SSSR count). The zero-order chi connectivity index (χ0) is 27.0. The summed E-state index contributed by atoms with van der Waals surface area (Å²) in [6, 6.07) is 22.1. The highest BCUT2D eigenvalue weighted by Crippen LogP contribution is 2.46.